The molecule has 1 aliphatic rings. The SMILES string of the molecule is CC=CC[C@@H]1O[C@H](CC)[C@@H](O)[C@H]1O. The van der Waals surface area contributed by atoms with Crippen molar-refractivity contribution in [3.8, 4) is 0 Å². The van der Waals surface area contributed by atoms with Crippen molar-refractivity contribution in [2.75, 3.05) is 0 Å². The fourth-order valence-corrected chi connectivity index (χ4v) is 1.63. The third-order valence-electron chi connectivity index (χ3n) is 2.47. The van der Waals surface area contributed by atoms with Crippen molar-refractivity contribution in [2.24, 2.45) is 0 Å². The number of ether oxygens (including phenoxy) is 1. The zero-order chi connectivity index (χ0) is 9.84. The summed E-state index contributed by atoms with van der Waals surface area (Å²) in [6.45, 7) is 3.87. The van der Waals surface area contributed by atoms with E-state index in [9.17, 15) is 10.2 Å². The van der Waals surface area contributed by atoms with E-state index >= 15 is 0 Å². The number of rotatable bonds is 3. The molecule has 0 bridgehead atoms. The molecule has 0 aliphatic carbocycles. The summed E-state index contributed by atoms with van der Waals surface area (Å²) < 4.78 is 5.49. The minimum Gasteiger partial charge on any atom is -0.388 e. The van der Waals surface area contributed by atoms with E-state index in [1.165, 1.54) is 0 Å². The molecular weight excluding hydrogens is 168 g/mol. The van der Waals surface area contributed by atoms with Gasteiger partial charge in [-0.15, -0.1) is 0 Å². The van der Waals surface area contributed by atoms with Gasteiger partial charge in [-0.25, -0.2) is 0 Å². The van der Waals surface area contributed by atoms with Crippen LogP contribution in [0.2, 0.25) is 0 Å². The predicted octanol–water partition coefficient (Wildman–Crippen LogP) is 0.852. The number of hydrogen-bond donors (Lipinski definition) is 2. The standard InChI is InChI=1S/C10H18O3/c1-3-5-6-8-10(12)9(11)7(4-2)13-8/h3,5,7-12H,4,6H2,1-2H3/t7-,8+,9-,10+/m1/s1. The first kappa shape index (κ1) is 10.7. The Morgan fingerprint density at radius 3 is 2.31 bits per heavy atom. The molecule has 1 aliphatic heterocycles. The molecule has 0 aromatic heterocycles. The van der Waals surface area contributed by atoms with Crippen LogP contribution in [0.1, 0.15) is 26.7 Å². The van der Waals surface area contributed by atoms with Crippen LogP contribution in [-0.2, 0) is 4.74 Å². The summed E-state index contributed by atoms with van der Waals surface area (Å²) in [6, 6.07) is 0. The van der Waals surface area contributed by atoms with Crippen molar-refractivity contribution in [1.82, 2.24) is 0 Å². The van der Waals surface area contributed by atoms with Crippen LogP contribution < -0.4 is 0 Å². The van der Waals surface area contributed by atoms with E-state index in [1.807, 2.05) is 26.0 Å². The summed E-state index contributed by atoms with van der Waals surface area (Å²) >= 11 is 0. The summed E-state index contributed by atoms with van der Waals surface area (Å²) in [4.78, 5) is 0. The van der Waals surface area contributed by atoms with Gasteiger partial charge >= 0.3 is 0 Å². The van der Waals surface area contributed by atoms with Gasteiger partial charge in [-0.3, -0.25) is 0 Å². The Labute approximate surface area is 79.0 Å². The molecule has 0 spiro atoms. The molecule has 2 N–H and O–H groups in total. The number of aliphatic hydroxyl groups is 2. The molecule has 3 nitrogen and oxygen atoms in total. The largest absolute Gasteiger partial charge is 0.388 e. The van der Waals surface area contributed by atoms with Gasteiger partial charge in [-0.1, -0.05) is 19.1 Å². The Kier molecular flexibility index (Phi) is 3.90. The third kappa shape index (κ3) is 2.30. The predicted molar refractivity (Wildman–Crippen MR) is 50.4 cm³/mol. The number of aliphatic hydroxyl groups excluding tert-OH is 2. The van der Waals surface area contributed by atoms with Gasteiger partial charge in [0.25, 0.3) is 0 Å². The van der Waals surface area contributed by atoms with Crippen molar-refractivity contribution in [3.05, 3.63) is 12.2 Å². The Morgan fingerprint density at radius 2 is 1.85 bits per heavy atom. The van der Waals surface area contributed by atoms with Crippen LogP contribution in [0.3, 0.4) is 0 Å². The Bertz CT molecular complexity index is 179. The summed E-state index contributed by atoms with van der Waals surface area (Å²) in [6.07, 6.45) is 3.37. The Morgan fingerprint density at radius 1 is 1.23 bits per heavy atom. The van der Waals surface area contributed by atoms with Crippen molar-refractivity contribution >= 4 is 0 Å². The lowest BCUT2D eigenvalue weighted by molar-refractivity contribution is 0.00833. The second kappa shape index (κ2) is 4.74. The normalized spacial score (nSPS) is 40.3. The molecule has 4 atom stereocenters. The molecule has 0 aromatic carbocycles. The molecule has 3 heteroatoms. The van der Waals surface area contributed by atoms with Crippen molar-refractivity contribution < 1.29 is 14.9 Å². The van der Waals surface area contributed by atoms with Crippen LogP contribution in [0.25, 0.3) is 0 Å². The molecule has 0 saturated carbocycles. The van der Waals surface area contributed by atoms with E-state index in [2.05, 4.69) is 0 Å². The van der Waals surface area contributed by atoms with E-state index in [4.69, 9.17) is 4.74 Å². The molecule has 13 heavy (non-hydrogen) atoms. The zero-order valence-electron chi connectivity index (χ0n) is 8.18. The van der Waals surface area contributed by atoms with Gasteiger partial charge in [0.1, 0.15) is 12.2 Å². The Hall–Kier alpha value is -0.380. The Balaban J connectivity index is 2.50. The van der Waals surface area contributed by atoms with E-state index < -0.39 is 12.2 Å². The molecule has 0 unspecified atom stereocenters. The van der Waals surface area contributed by atoms with Crippen LogP contribution in [0.15, 0.2) is 12.2 Å². The maximum Gasteiger partial charge on any atom is 0.109 e. The molecule has 1 saturated heterocycles. The maximum atomic E-state index is 9.58. The van der Waals surface area contributed by atoms with Crippen molar-refractivity contribution in [2.45, 2.75) is 51.1 Å². The lowest BCUT2D eigenvalue weighted by Gasteiger charge is -2.11. The van der Waals surface area contributed by atoms with Gasteiger partial charge in [-0.2, -0.15) is 0 Å². The van der Waals surface area contributed by atoms with Crippen LogP contribution in [0.4, 0.5) is 0 Å². The first-order valence-electron chi connectivity index (χ1n) is 4.83. The van der Waals surface area contributed by atoms with Crippen LogP contribution in [-0.4, -0.2) is 34.6 Å². The fourth-order valence-electron chi connectivity index (χ4n) is 1.63. The smallest absolute Gasteiger partial charge is 0.109 e. The second-order valence-corrected chi connectivity index (χ2v) is 3.41. The van der Waals surface area contributed by atoms with Crippen molar-refractivity contribution in [1.29, 1.82) is 0 Å². The molecule has 1 heterocycles. The average Bonchev–Trinajstić information content (AvgIpc) is 2.41. The van der Waals surface area contributed by atoms with Gasteiger partial charge in [0.2, 0.25) is 0 Å². The second-order valence-electron chi connectivity index (χ2n) is 3.41. The molecule has 0 amide bonds. The molecule has 0 radical (unpaired) electrons. The van der Waals surface area contributed by atoms with Crippen LogP contribution >= 0.6 is 0 Å². The highest BCUT2D eigenvalue weighted by molar-refractivity contribution is 4.94. The summed E-state index contributed by atoms with van der Waals surface area (Å²) in [5.41, 5.74) is 0. The topological polar surface area (TPSA) is 49.7 Å². The molecule has 76 valence electrons. The molecular formula is C10H18O3. The number of allylic oxidation sites excluding steroid dienone is 1. The lowest BCUT2D eigenvalue weighted by atomic mass is 10.0. The van der Waals surface area contributed by atoms with Gasteiger partial charge < -0.3 is 14.9 Å². The molecule has 1 rings (SSSR count). The van der Waals surface area contributed by atoms with Crippen molar-refractivity contribution in [3.63, 3.8) is 0 Å². The number of hydrogen-bond acceptors (Lipinski definition) is 3. The highest BCUT2D eigenvalue weighted by Crippen LogP contribution is 2.25. The van der Waals surface area contributed by atoms with E-state index in [-0.39, 0.29) is 12.2 Å². The highest BCUT2D eigenvalue weighted by atomic mass is 16.5. The minimum atomic E-state index is -0.735. The lowest BCUT2D eigenvalue weighted by Crippen LogP contribution is -2.32. The third-order valence-corrected chi connectivity index (χ3v) is 2.47. The first-order valence-corrected chi connectivity index (χ1v) is 4.83. The maximum absolute atomic E-state index is 9.58. The monoisotopic (exact) mass is 186 g/mol. The van der Waals surface area contributed by atoms with Gasteiger partial charge in [-0.05, 0) is 19.8 Å². The molecule has 0 aromatic rings. The van der Waals surface area contributed by atoms with Crippen LogP contribution in [0.5, 0.6) is 0 Å². The van der Waals surface area contributed by atoms with Gasteiger partial charge in [0.15, 0.2) is 0 Å². The van der Waals surface area contributed by atoms with E-state index in [0.29, 0.717) is 6.42 Å². The fraction of sp³-hybridized carbons (Fsp3) is 0.800. The van der Waals surface area contributed by atoms with E-state index in [0.717, 1.165) is 6.42 Å². The highest BCUT2D eigenvalue weighted by Gasteiger charge is 2.40. The quantitative estimate of drug-likeness (QED) is 0.642. The first-order chi connectivity index (χ1) is 6.20. The summed E-state index contributed by atoms with van der Waals surface area (Å²) in [5, 5.41) is 19.1. The van der Waals surface area contributed by atoms with Gasteiger partial charge in [0.05, 0.1) is 12.2 Å². The van der Waals surface area contributed by atoms with Crippen LogP contribution in [0, 0.1) is 0 Å². The summed E-state index contributed by atoms with van der Waals surface area (Å²) in [7, 11) is 0. The minimum absolute atomic E-state index is 0.203. The van der Waals surface area contributed by atoms with Gasteiger partial charge in [0, 0.05) is 0 Å². The van der Waals surface area contributed by atoms with E-state index in [1.54, 1.807) is 0 Å². The zero-order valence-corrected chi connectivity index (χ0v) is 8.18. The molecule has 1 fully saturated rings. The summed E-state index contributed by atoms with van der Waals surface area (Å²) in [5.74, 6) is 0. The average molecular weight is 186 g/mol.